The molecule has 1 aromatic rings. The van der Waals surface area contributed by atoms with Gasteiger partial charge in [0.15, 0.2) is 6.10 Å². The summed E-state index contributed by atoms with van der Waals surface area (Å²) in [5, 5.41) is 9.86. The Balaban J connectivity index is 1.16. The second-order valence-electron chi connectivity index (χ2n) is 7.42. The first-order chi connectivity index (χ1) is 13.7. The van der Waals surface area contributed by atoms with Crippen molar-refractivity contribution in [1.82, 2.24) is 9.80 Å². The van der Waals surface area contributed by atoms with E-state index in [4.69, 9.17) is 14.3 Å². The maximum absolute atomic E-state index is 10.6. The molecule has 3 heterocycles. The van der Waals surface area contributed by atoms with Gasteiger partial charge < -0.3 is 19.2 Å². The molecule has 0 aromatic heterocycles. The van der Waals surface area contributed by atoms with Gasteiger partial charge in [0.05, 0.1) is 19.3 Å². The number of benzene rings is 1. The van der Waals surface area contributed by atoms with Gasteiger partial charge in [-0.05, 0) is 30.9 Å². The van der Waals surface area contributed by atoms with Crippen LogP contribution in [0.4, 0.5) is 0 Å². The van der Waals surface area contributed by atoms with E-state index in [0.29, 0.717) is 6.61 Å². The van der Waals surface area contributed by atoms with E-state index in [-0.39, 0.29) is 24.9 Å². The molecule has 0 unspecified atom stereocenters. The van der Waals surface area contributed by atoms with E-state index in [1.165, 1.54) is 11.3 Å². The smallest absolute Gasteiger partial charge is 0.294 e. The van der Waals surface area contributed by atoms with Gasteiger partial charge in [-0.3, -0.25) is 4.90 Å². The predicted octanol–water partition coefficient (Wildman–Crippen LogP) is 1.53. The first-order valence-corrected chi connectivity index (χ1v) is 10.9. The van der Waals surface area contributed by atoms with E-state index < -0.39 is 11.2 Å². The van der Waals surface area contributed by atoms with Crippen LogP contribution in [0.5, 0.6) is 0 Å². The topological polar surface area (TPSA) is 77.3 Å². The second kappa shape index (κ2) is 9.41. The highest BCUT2D eigenvalue weighted by Gasteiger charge is 2.51. The van der Waals surface area contributed by atoms with Crippen molar-refractivity contribution in [2.24, 2.45) is 0 Å². The van der Waals surface area contributed by atoms with Crippen molar-refractivity contribution in [2.75, 3.05) is 51.7 Å². The van der Waals surface area contributed by atoms with E-state index >= 15 is 0 Å². The molecule has 0 amide bonds. The van der Waals surface area contributed by atoms with Crippen LogP contribution in [0.1, 0.15) is 6.42 Å². The summed E-state index contributed by atoms with van der Waals surface area (Å²) in [5.41, 5.74) is 0. The van der Waals surface area contributed by atoms with Crippen molar-refractivity contribution in [1.29, 1.82) is 0 Å². The Hall–Kier alpha value is -1.39. The van der Waals surface area contributed by atoms with Crippen molar-refractivity contribution in [3.63, 3.8) is 0 Å². The van der Waals surface area contributed by atoms with E-state index in [9.17, 15) is 10.1 Å². The van der Waals surface area contributed by atoms with Crippen LogP contribution in [0, 0.1) is 10.1 Å². The molecule has 0 radical (unpaired) electrons. The average Bonchev–Trinajstić information content (AvgIpc) is 3.29. The third-order valence-electron chi connectivity index (χ3n) is 5.71. The van der Waals surface area contributed by atoms with Crippen LogP contribution in [0.15, 0.2) is 35.2 Å². The molecule has 4 atom stereocenters. The maximum atomic E-state index is 10.6. The Morgan fingerprint density at radius 1 is 1.11 bits per heavy atom. The molecule has 0 aliphatic carbocycles. The molecule has 3 aliphatic rings. The zero-order valence-corrected chi connectivity index (χ0v) is 16.7. The van der Waals surface area contributed by atoms with Crippen molar-refractivity contribution in [3.05, 3.63) is 40.4 Å². The Morgan fingerprint density at radius 2 is 1.86 bits per heavy atom. The van der Waals surface area contributed by atoms with E-state index in [0.717, 1.165) is 38.5 Å². The summed E-state index contributed by atoms with van der Waals surface area (Å²) in [6.07, 6.45) is 0.121. The number of piperazine rings is 1. The molecule has 3 saturated heterocycles. The van der Waals surface area contributed by atoms with Gasteiger partial charge in [-0.2, -0.15) is 0 Å². The van der Waals surface area contributed by atoms with Crippen molar-refractivity contribution >= 4 is 11.8 Å². The molecular formula is C19H27N3O5S. The molecule has 0 bridgehead atoms. The summed E-state index contributed by atoms with van der Waals surface area (Å²) >= 11 is 1.91. The quantitative estimate of drug-likeness (QED) is 0.277. The van der Waals surface area contributed by atoms with E-state index in [1.54, 1.807) is 0 Å². The van der Waals surface area contributed by atoms with Crippen LogP contribution in [0.3, 0.4) is 0 Å². The van der Waals surface area contributed by atoms with Crippen LogP contribution in [0.2, 0.25) is 0 Å². The second-order valence-corrected chi connectivity index (χ2v) is 8.59. The minimum absolute atomic E-state index is 0.126. The number of nitrogens with zero attached hydrogens (tertiary/aromatic N) is 3. The number of fused-ring (bicyclic) bond motifs is 1. The summed E-state index contributed by atoms with van der Waals surface area (Å²) in [6, 6.07) is 10.7. The lowest BCUT2D eigenvalue weighted by Gasteiger charge is -2.38. The molecule has 4 rings (SSSR count). The fourth-order valence-corrected chi connectivity index (χ4v) is 5.13. The molecular weight excluding hydrogens is 382 g/mol. The van der Waals surface area contributed by atoms with Crippen LogP contribution < -0.4 is 0 Å². The molecule has 0 saturated carbocycles. The molecule has 28 heavy (non-hydrogen) atoms. The summed E-state index contributed by atoms with van der Waals surface area (Å²) in [4.78, 5) is 21.6. The number of hydrogen-bond donors (Lipinski definition) is 0. The molecule has 9 heteroatoms. The zero-order valence-electron chi connectivity index (χ0n) is 15.9. The first-order valence-electron chi connectivity index (χ1n) is 9.89. The standard InChI is InChI=1S/C19H27N3O5S/c23-22(24)27-17-14-26-18-16(13-25-19(17)18)21-10-8-20(9-11-21)7-4-12-28-15-5-2-1-3-6-15/h1-3,5-6,16-19H,4,7-14H2/t16-,17-,18+,19+/m0/s1. The average molecular weight is 410 g/mol. The van der Waals surface area contributed by atoms with Crippen molar-refractivity contribution in [2.45, 2.75) is 35.7 Å². The van der Waals surface area contributed by atoms with Crippen LogP contribution >= 0.6 is 11.8 Å². The summed E-state index contributed by atoms with van der Waals surface area (Å²) in [6.45, 7) is 5.94. The van der Waals surface area contributed by atoms with Gasteiger partial charge in [0.2, 0.25) is 0 Å². The highest BCUT2D eigenvalue weighted by Crippen LogP contribution is 2.32. The van der Waals surface area contributed by atoms with E-state index in [1.807, 2.05) is 17.8 Å². The zero-order chi connectivity index (χ0) is 19.3. The largest absolute Gasteiger partial charge is 0.371 e. The Bertz CT molecular complexity index is 644. The fraction of sp³-hybridized carbons (Fsp3) is 0.684. The lowest BCUT2D eigenvalue weighted by Crippen LogP contribution is -2.54. The molecule has 1 aromatic carbocycles. The normalized spacial score (nSPS) is 31.0. The summed E-state index contributed by atoms with van der Waals surface area (Å²) in [7, 11) is 0. The van der Waals surface area contributed by atoms with Gasteiger partial charge in [-0.1, -0.05) is 18.2 Å². The minimum Gasteiger partial charge on any atom is -0.371 e. The number of thioether (sulfide) groups is 1. The molecule has 0 spiro atoms. The maximum Gasteiger partial charge on any atom is 0.294 e. The SMILES string of the molecule is O=[N+]([O-])O[C@H]1CO[C@H]2[C@@H]1OC[C@@H]2N1CCN(CCCSc2ccccc2)CC1. The monoisotopic (exact) mass is 409 g/mol. The highest BCUT2D eigenvalue weighted by atomic mass is 32.2. The minimum atomic E-state index is -0.748. The predicted molar refractivity (Wildman–Crippen MR) is 105 cm³/mol. The Labute approximate surface area is 169 Å². The van der Waals surface area contributed by atoms with Crippen LogP contribution in [-0.4, -0.2) is 90.9 Å². The first kappa shape index (κ1) is 19.9. The van der Waals surface area contributed by atoms with E-state index in [2.05, 4.69) is 34.1 Å². The third-order valence-corrected chi connectivity index (χ3v) is 6.81. The number of rotatable bonds is 8. The molecule has 3 fully saturated rings. The molecule has 154 valence electrons. The van der Waals surface area contributed by atoms with Gasteiger partial charge in [-0.25, -0.2) is 0 Å². The van der Waals surface area contributed by atoms with Gasteiger partial charge in [-0.15, -0.1) is 21.9 Å². The lowest BCUT2D eigenvalue weighted by atomic mass is 10.1. The third kappa shape index (κ3) is 4.77. The Morgan fingerprint density at radius 3 is 2.61 bits per heavy atom. The van der Waals surface area contributed by atoms with Gasteiger partial charge in [0, 0.05) is 31.1 Å². The molecule has 8 nitrogen and oxygen atoms in total. The summed E-state index contributed by atoms with van der Waals surface area (Å²) in [5.74, 6) is 1.14. The van der Waals surface area contributed by atoms with Crippen LogP contribution in [-0.2, 0) is 14.3 Å². The molecule has 3 aliphatic heterocycles. The van der Waals surface area contributed by atoms with Gasteiger partial charge >= 0.3 is 0 Å². The van der Waals surface area contributed by atoms with Crippen molar-refractivity contribution in [3.8, 4) is 0 Å². The van der Waals surface area contributed by atoms with Crippen LogP contribution in [0.25, 0.3) is 0 Å². The molecule has 0 N–H and O–H groups in total. The van der Waals surface area contributed by atoms with Gasteiger partial charge in [0.1, 0.15) is 12.2 Å². The fourth-order valence-electron chi connectivity index (χ4n) is 4.27. The lowest BCUT2D eigenvalue weighted by molar-refractivity contribution is -0.769. The number of ether oxygens (including phenoxy) is 2. The highest BCUT2D eigenvalue weighted by molar-refractivity contribution is 7.99. The van der Waals surface area contributed by atoms with Crippen molar-refractivity contribution < 1.29 is 19.4 Å². The number of hydrogen-bond acceptors (Lipinski definition) is 8. The Kier molecular flexibility index (Phi) is 6.69. The summed E-state index contributed by atoms with van der Waals surface area (Å²) < 4.78 is 11.6. The van der Waals surface area contributed by atoms with Gasteiger partial charge in [0.25, 0.3) is 5.09 Å².